The number of nitrogens with one attached hydrogen (secondary N) is 1. The van der Waals surface area contributed by atoms with Crippen LogP contribution in [0.5, 0.6) is 17.2 Å². The van der Waals surface area contributed by atoms with Gasteiger partial charge in [-0.25, -0.2) is 4.79 Å². The van der Waals surface area contributed by atoms with Crippen LogP contribution in [-0.4, -0.2) is 52.8 Å². The van der Waals surface area contributed by atoms with Crippen molar-refractivity contribution in [1.29, 1.82) is 5.26 Å². The number of halogens is 2. The van der Waals surface area contributed by atoms with Crippen LogP contribution in [0.15, 0.2) is 127 Å². The first-order valence-electron chi connectivity index (χ1n) is 20.0. The summed E-state index contributed by atoms with van der Waals surface area (Å²) in [5.74, 6) is -0.796. The molecular formula is C50H39Cl2N3O8. The number of rotatable bonds is 12. The van der Waals surface area contributed by atoms with Crippen molar-refractivity contribution in [2.24, 2.45) is 0 Å². The second kappa shape index (κ2) is 18.5. The molecule has 0 aromatic heterocycles. The van der Waals surface area contributed by atoms with E-state index in [2.05, 4.69) is 11.4 Å². The summed E-state index contributed by atoms with van der Waals surface area (Å²) in [5.41, 5.74) is 6.95. The van der Waals surface area contributed by atoms with Gasteiger partial charge in [-0.3, -0.25) is 14.4 Å². The first-order chi connectivity index (χ1) is 30.5. The fourth-order valence-corrected chi connectivity index (χ4v) is 8.12. The molecule has 13 heteroatoms. The van der Waals surface area contributed by atoms with Crippen molar-refractivity contribution in [3.8, 4) is 34.4 Å². The molecule has 0 fully saturated rings. The Morgan fingerprint density at radius 3 is 2.14 bits per heavy atom. The van der Waals surface area contributed by atoms with E-state index in [1.165, 1.54) is 12.0 Å². The number of nitrogens with zero attached hydrogens (tertiary/aromatic N) is 2. The molecule has 0 aliphatic carbocycles. The third-order valence-corrected chi connectivity index (χ3v) is 12.0. The van der Waals surface area contributed by atoms with Crippen LogP contribution in [0, 0.1) is 11.3 Å². The predicted molar refractivity (Wildman–Crippen MR) is 236 cm³/mol. The molecule has 2 amide bonds. The van der Waals surface area contributed by atoms with E-state index in [1.807, 2.05) is 42.5 Å². The van der Waals surface area contributed by atoms with Gasteiger partial charge in [-0.1, -0.05) is 83.9 Å². The number of ketones is 1. The first kappa shape index (κ1) is 42.6. The molecule has 0 radical (unpaired) electrons. The molecule has 3 atom stereocenters. The minimum Gasteiger partial charge on any atom is -0.497 e. The number of hydrogen-bond acceptors (Lipinski definition) is 8. The van der Waals surface area contributed by atoms with Gasteiger partial charge in [0.05, 0.1) is 28.8 Å². The smallest absolute Gasteiger partial charge is 0.326 e. The summed E-state index contributed by atoms with van der Waals surface area (Å²) < 4.78 is 17.6. The highest BCUT2D eigenvalue weighted by molar-refractivity contribution is 6.42. The average molecular weight is 881 g/mol. The lowest BCUT2D eigenvalue weighted by Gasteiger charge is -2.37. The second-order valence-electron chi connectivity index (χ2n) is 15.3. The van der Waals surface area contributed by atoms with E-state index in [1.54, 1.807) is 84.9 Å². The Morgan fingerprint density at radius 1 is 0.825 bits per heavy atom. The number of carboxylic acids is 1. The summed E-state index contributed by atoms with van der Waals surface area (Å²) in [6.45, 7) is 0.290. The number of ether oxygens (including phenoxy) is 3. The van der Waals surface area contributed by atoms with Crippen LogP contribution < -0.4 is 19.5 Å². The Kier molecular flexibility index (Phi) is 12.5. The maximum atomic E-state index is 14.2. The number of hydrogen-bond donors (Lipinski definition) is 2. The number of carbonyl (C=O) groups is 4. The van der Waals surface area contributed by atoms with Crippen molar-refractivity contribution in [3.05, 3.63) is 182 Å². The number of amides is 2. The topological polar surface area (TPSA) is 155 Å². The number of methoxy groups -OCH3 is 1. The number of benzene rings is 6. The molecule has 63 heavy (non-hydrogen) atoms. The van der Waals surface area contributed by atoms with Crippen LogP contribution in [0.2, 0.25) is 10.0 Å². The van der Waals surface area contributed by atoms with Crippen molar-refractivity contribution in [2.75, 3.05) is 7.11 Å². The molecule has 6 aromatic rings. The van der Waals surface area contributed by atoms with Gasteiger partial charge in [-0.2, -0.15) is 5.26 Å². The molecular weight excluding hydrogens is 841 g/mol. The Balaban J connectivity index is 1.00. The van der Waals surface area contributed by atoms with Crippen LogP contribution in [0.3, 0.4) is 0 Å². The molecule has 0 saturated heterocycles. The molecule has 0 spiro atoms. The molecule has 2 heterocycles. The molecule has 316 valence electrons. The van der Waals surface area contributed by atoms with Crippen LogP contribution in [-0.2, 0) is 46.8 Å². The van der Waals surface area contributed by atoms with E-state index in [-0.39, 0.29) is 38.2 Å². The van der Waals surface area contributed by atoms with Gasteiger partial charge >= 0.3 is 5.97 Å². The summed E-state index contributed by atoms with van der Waals surface area (Å²) in [6, 6.07) is 36.8. The zero-order valence-electron chi connectivity index (χ0n) is 33.8. The van der Waals surface area contributed by atoms with Crippen LogP contribution in [0.1, 0.15) is 55.4 Å². The van der Waals surface area contributed by atoms with Gasteiger partial charge in [-0.15, -0.1) is 0 Å². The van der Waals surface area contributed by atoms with Gasteiger partial charge in [0.25, 0.3) is 5.91 Å². The minimum absolute atomic E-state index is 0.00688. The van der Waals surface area contributed by atoms with E-state index >= 15 is 0 Å². The Morgan fingerprint density at radius 2 is 1.49 bits per heavy atom. The lowest BCUT2D eigenvalue weighted by molar-refractivity contribution is -0.142. The predicted octanol–water partition coefficient (Wildman–Crippen LogP) is 8.74. The summed E-state index contributed by atoms with van der Waals surface area (Å²) in [5, 5.41) is 23.0. The second-order valence-corrected chi connectivity index (χ2v) is 16.2. The summed E-state index contributed by atoms with van der Waals surface area (Å²) in [6.07, 6.45) is -0.728. The van der Waals surface area contributed by atoms with Gasteiger partial charge < -0.3 is 29.5 Å². The van der Waals surface area contributed by atoms with Gasteiger partial charge in [0.1, 0.15) is 35.9 Å². The quantitative estimate of drug-likeness (QED) is 0.123. The number of aliphatic carboxylic acids is 1. The van der Waals surface area contributed by atoms with E-state index in [4.69, 9.17) is 42.7 Å². The number of fused-ring (bicyclic) bond motifs is 2. The maximum absolute atomic E-state index is 14.2. The zero-order valence-corrected chi connectivity index (χ0v) is 35.4. The molecule has 6 aromatic carbocycles. The fourth-order valence-electron chi connectivity index (χ4n) is 7.80. The van der Waals surface area contributed by atoms with E-state index in [0.717, 1.165) is 27.8 Å². The Bertz CT molecular complexity index is 2750. The van der Waals surface area contributed by atoms with Crippen LogP contribution in [0.4, 0.5) is 0 Å². The Labute approximate surface area is 373 Å². The lowest BCUT2D eigenvalue weighted by Crippen LogP contribution is -2.56. The lowest BCUT2D eigenvalue weighted by atomic mass is 9.87. The summed E-state index contributed by atoms with van der Waals surface area (Å²) >= 11 is 12.2. The monoisotopic (exact) mass is 879 g/mol. The summed E-state index contributed by atoms with van der Waals surface area (Å²) in [7, 11) is 1.52. The molecule has 11 nitrogen and oxygen atoms in total. The first-order valence-corrected chi connectivity index (χ1v) is 20.8. The van der Waals surface area contributed by atoms with E-state index in [9.17, 15) is 24.3 Å². The normalized spacial score (nSPS) is 15.8. The third-order valence-electron chi connectivity index (χ3n) is 11.2. The standard InChI is InChI=1S/C50H39Cl2N3O8/c1-61-39-15-13-35(14-16-39)49(58)55-27-38-25-46-37(24-45(56)47(63-46)34-11-17-40(18-12-34)62-28-31-6-19-41(51)42(52)20-31)22-36(38)23-44(55)48(57)54-43(50(59)60)21-29-2-7-32(8-3-29)33-9-4-30(26-53)5-10-33/h2-20,22,25,43-44,47H,21,23-24,27-28H2,1H3,(H,54,57)(H,59,60)/t43-,44-,47?/m0/s1. The molecule has 2 aliphatic heterocycles. The fraction of sp³-hybridized carbons (Fsp3) is 0.180. The highest BCUT2D eigenvalue weighted by Gasteiger charge is 2.39. The molecule has 0 bridgehead atoms. The van der Waals surface area contributed by atoms with Gasteiger partial charge in [0, 0.05) is 42.5 Å². The van der Waals surface area contributed by atoms with Gasteiger partial charge in [0.15, 0.2) is 11.9 Å². The molecule has 2 N–H and O–H groups in total. The SMILES string of the molecule is COc1ccc(C(=O)N2Cc3cc4c(cc3C[C@H]2C(=O)N[C@@H](Cc2ccc(-c3ccc(C#N)cc3)cc2)C(=O)O)CC(=O)C(c2ccc(OCc3ccc(Cl)c(Cl)c3)cc2)O4)cc1. The highest BCUT2D eigenvalue weighted by atomic mass is 35.5. The third kappa shape index (κ3) is 9.53. The highest BCUT2D eigenvalue weighted by Crippen LogP contribution is 2.38. The van der Waals surface area contributed by atoms with Crippen molar-refractivity contribution in [1.82, 2.24) is 10.2 Å². The molecule has 0 saturated carbocycles. The maximum Gasteiger partial charge on any atom is 0.326 e. The van der Waals surface area contributed by atoms with E-state index < -0.39 is 36.0 Å². The molecule has 1 unspecified atom stereocenters. The van der Waals surface area contributed by atoms with E-state index in [0.29, 0.717) is 55.1 Å². The number of carboxylic acid groups (broad SMARTS) is 1. The van der Waals surface area contributed by atoms with Gasteiger partial charge in [-0.05, 0) is 100 Å². The van der Waals surface area contributed by atoms with Crippen molar-refractivity contribution in [2.45, 2.75) is 50.6 Å². The van der Waals surface area contributed by atoms with Crippen molar-refractivity contribution < 1.29 is 38.5 Å². The zero-order chi connectivity index (χ0) is 44.2. The van der Waals surface area contributed by atoms with Crippen LogP contribution >= 0.6 is 23.2 Å². The average Bonchev–Trinajstić information content (AvgIpc) is 3.30. The molecule has 2 aliphatic rings. The number of carbonyl (C=O) groups excluding carboxylic acids is 3. The van der Waals surface area contributed by atoms with Crippen LogP contribution in [0.25, 0.3) is 11.1 Å². The van der Waals surface area contributed by atoms with Crippen molar-refractivity contribution >= 4 is 46.8 Å². The van der Waals surface area contributed by atoms with Gasteiger partial charge in [0.2, 0.25) is 5.91 Å². The largest absolute Gasteiger partial charge is 0.497 e. The summed E-state index contributed by atoms with van der Waals surface area (Å²) in [4.78, 5) is 56.1. The molecule has 8 rings (SSSR count). The van der Waals surface area contributed by atoms with Crippen molar-refractivity contribution in [3.63, 3.8) is 0 Å². The number of nitriles is 1. The minimum atomic E-state index is -1.30. The number of Topliss-reactive ketones (excluding diaryl/α,β-unsaturated/α-hetero) is 1. The Hall–Kier alpha value is -7.13.